The number of nitrogens with two attached hydrogens (primary N) is 1. The molecule has 0 bridgehead atoms. The van der Waals surface area contributed by atoms with Crippen LogP contribution in [0.2, 0.25) is 5.02 Å². The Morgan fingerprint density at radius 1 is 1.40 bits per heavy atom. The Morgan fingerprint density at radius 2 is 2.05 bits per heavy atom. The highest BCUT2D eigenvalue weighted by atomic mass is 35.5. The number of benzene rings is 1. The van der Waals surface area contributed by atoms with E-state index in [1.165, 1.54) is 12.1 Å². The van der Waals surface area contributed by atoms with E-state index in [2.05, 4.69) is 4.74 Å². The van der Waals surface area contributed by atoms with Gasteiger partial charge in [-0.1, -0.05) is 11.6 Å². The van der Waals surface area contributed by atoms with Crippen molar-refractivity contribution in [1.82, 2.24) is 0 Å². The van der Waals surface area contributed by atoms with E-state index >= 15 is 0 Å². The van der Waals surface area contributed by atoms with Crippen LogP contribution in [0.3, 0.4) is 0 Å². The van der Waals surface area contributed by atoms with Gasteiger partial charge in [0, 0.05) is 12.1 Å². The molecule has 0 unspecified atom stereocenters. The lowest BCUT2D eigenvalue weighted by molar-refractivity contribution is -0.136. The molecule has 1 aromatic rings. The molecule has 0 fully saturated rings. The maximum absolute atomic E-state index is 12.0. The van der Waals surface area contributed by atoms with Crippen molar-refractivity contribution in [2.45, 2.75) is 19.0 Å². The molecule has 8 heteroatoms. The van der Waals surface area contributed by atoms with Gasteiger partial charge in [0.05, 0.1) is 18.7 Å². The van der Waals surface area contributed by atoms with Crippen molar-refractivity contribution in [3.8, 4) is 5.75 Å². The fraction of sp³-hybridized carbons (Fsp3) is 0.417. The normalized spacial score (nSPS) is 11.2. The smallest absolute Gasteiger partial charge is 0.389 e. The zero-order valence-electron chi connectivity index (χ0n) is 10.6. The first-order valence-corrected chi connectivity index (χ1v) is 5.99. The lowest BCUT2D eigenvalue weighted by Gasteiger charge is -2.13. The number of nitrogen functional groups attached to an aromatic ring is 1. The minimum absolute atomic E-state index is 0.0236. The van der Waals surface area contributed by atoms with E-state index in [-0.39, 0.29) is 35.1 Å². The molecule has 0 spiro atoms. The van der Waals surface area contributed by atoms with Crippen molar-refractivity contribution in [2.24, 2.45) is 0 Å². The second kappa shape index (κ2) is 6.69. The summed E-state index contributed by atoms with van der Waals surface area (Å²) in [5.74, 6) is -0.764. The lowest BCUT2D eigenvalue weighted by Crippen LogP contribution is -2.12. The Bertz CT molecular complexity index is 492. The van der Waals surface area contributed by atoms with Gasteiger partial charge < -0.3 is 15.2 Å². The molecule has 0 aliphatic heterocycles. The summed E-state index contributed by atoms with van der Waals surface area (Å²) in [4.78, 5) is 11.5. The van der Waals surface area contributed by atoms with Crippen LogP contribution in [0, 0.1) is 0 Å². The van der Waals surface area contributed by atoms with Gasteiger partial charge >= 0.3 is 12.1 Å². The molecule has 112 valence electrons. The highest BCUT2D eigenvalue weighted by Crippen LogP contribution is 2.32. The number of hydrogen-bond donors (Lipinski definition) is 1. The standard InChI is InChI=1S/C12H13ClF3NO3/c1-19-11(18)8-5-7(17)6-9(13)10(8)20-4-2-3-12(14,15)16/h5-6H,2-4,17H2,1H3. The van der Waals surface area contributed by atoms with Crippen LogP contribution in [-0.4, -0.2) is 25.9 Å². The van der Waals surface area contributed by atoms with Crippen molar-refractivity contribution in [1.29, 1.82) is 0 Å². The van der Waals surface area contributed by atoms with Crippen LogP contribution in [0.1, 0.15) is 23.2 Å². The third-order valence-corrected chi connectivity index (χ3v) is 2.60. The maximum atomic E-state index is 12.0. The minimum Gasteiger partial charge on any atom is -0.491 e. The molecule has 20 heavy (non-hydrogen) atoms. The molecule has 0 saturated carbocycles. The Kier molecular flexibility index (Phi) is 5.50. The number of anilines is 1. The molecule has 0 radical (unpaired) electrons. The van der Waals surface area contributed by atoms with Gasteiger partial charge in [-0.25, -0.2) is 4.79 Å². The molecule has 0 amide bonds. The molecular formula is C12H13ClF3NO3. The Labute approximate surface area is 118 Å². The Hall–Kier alpha value is -1.63. The van der Waals surface area contributed by atoms with Gasteiger partial charge in [-0.05, 0) is 18.6 Å². The summed E-state index contributed by atoms with van der Waals surface area (Å²) >= 11 is 5.87. The van der Waals surface area contributed by atoms with Crippen molar-refractivity contribution in [3.63, 3.8) is 0 Å². The topological polar surface area (TPSA) is 61.5 Å². The third-order valence-electron chi connectivity index (χ3n) is 2.32. The van der Waals surface area contributed by atoms with Crippen LogP contribution in [-0.2, 0) is 4.74 Å². The number of hydrogen-bond acceptors (Lipinski definition) is 4. The van der Waals surface area contributed by atoms with Crippen LogP contribution in [0.4, 0.5) is 18.9 Å². The number of carbonyl (C=O) groups excluding carboxylic acids is 1. The number of ether oxygens (including phenoxy) is 2. The fourth-order valence-electron chi connectivity index (χ4n) is 1.47. The van der Waals surface area contributed by atoms with Gasteiger partial charge in [0.25, 0.3) is 0 Å². The number of esters is 1. The second-order valence-electron chi connectivity index (χ2n) is 3.94. The summed E-state index contributed by atoms with van der Waals surface area (Å²) in [6, 6.07) is 2.63. The SMILES string of the molecule is COC(=O)c1cc(N)cc(Cl)c1OCCCC(F)(F)F. The first-order valence-electron chi connectivity index (χ1n) is 5.61. The zero-order chi connectivity index (χ0) is 15.3. The van der Waals surface area contributed by atoms with E-state index < -0.39 is 18.6 Å². The van der Waals surface area contributed by atoms with Crippen LogP contribution < -0.4 is 10.5 Å². The predicted octanol–water partition coefficient (Wildman–Crippen LogP) is 3.43. The molecule has 0 aromatic heterocycles. The van der Waals surface area contributed by atoms with Crippen molar-refractivity contribution in [2.75, 3.05) is 19.5 Å². The van der Waals surface area contributed by atoms with Gasteiger partial charge in [-0.2, -0.15) is 13.2 Å². The maximum Gasteiger partial charge on any atom is 0.389 e. The van der Waals surface area contributed by atoms with Crippen molar-refractivity contribution < 1.29 is 27.4 Å². The van der Waals surface area contributed by atoms with Crippen molar-refractivity contribution in [3.05, 3.63) is 22.7 Å². The van der Waals surface area contributed by atoms with E-state index in [1.54, 1.807) is 0 Å². The van der Waals surface area contributed by atoms with Gasteiger partial charge in [-0.15, -0.1) is 0 Å². The molecule has 0 aliphatic carbocycles. The van der Waals surface area contributed by atoms with Gasteiger partial charge in [0.2, 0.25) is 0 Å². The summed E-state index contributed by atoms with van der Waals surface area (Å²) in [6.45, 7) is -0.229. The monoisotopic (exact) mass is 311 g/mol. The number of carbonyl (C=O) groups is 1. The summed E-state index contributed by atoms with van der Waals surface area (Å²) < 4.78 is 45.7. The average Bonchev–Trinajstić information content (AvgIpc) is 2.33. The lowest BCUT2D eigenvalue weighted by atomic mass is 10.1. The van der Waals surface area contributed by atoms with Crippen LogP contribution >= 0.6 is 11.6 Å². The van der Waals surface area contributed by atoms with Gasteiger partial charge in [0.15, 0.2) is 5.75 Å². The largest absolute Gasteiger partial charge is 0.491 e. The summed E-state index contributed by atoms with van der Waals surface area (Å²) in [6.07, 6.45) is -5.47. The first-order chi connectivity index (χ1) is 9.24. The molecule has 1 aromatic carbocycles. The molecule has 4 nitrogen and oxygen atoms in total. The van der Waals surface area contributed by atoms with E-state index in [1.807, 2.05) is 0 Å². The molecular weight excluding hydrogens is 299 g/mol. The highest BCUT2D eigenvalue weighted by molar-refractivity contribution is 6.33. The molecule has 1 rings (SSSR count). The fourth-order valence-corrected chi connectivity index (χ4v) is 1.75. The number of methoxy groups -OCH3 is 1. The zero-order valence-corrected chi connectivity index (χ0v) is 11.3. The van der Waals surface area contributed by atoms with Gasteiger partial charge in [0.1, 0.15) is 5.56 Å². The molecule has 0 saturated heterocycles. The molecule has 0 aliphatic rings. The Morgan fingerprint density at radius 3 is 2.60 bits per heavy atom. The van der Waals surface area contributed by atoms with Crippen LogP contribution in [0.15, 0.2) is 12.1 Å². The van der Waals surface area contributed by atoms with Crippen LogP contribution in [0.25, 0.3) is 0 Å². The summed E-state index contributed by atoms with van der Waals surface area (Å²) in [5, 5.41) is 0.0393. The first kappa shape index (κ1) is 16.4. The molecule has 0 atom stereocenters. The summed E-state index contributed by atoms with van der Waals surface area (Å²) in [5.41, 5.74) is 5.73. The van der Waals surface area contributed by atoms with E-state index in [0.717, 1.165) is 7.11 Å². The second-order valence-corrected chi connectivity index (χ2v) is 4.35. The summed E-state index contributed by atoms with van der Waals surface area (Å²) in [7, 11) is 1.16. The van der Waals surface area contributed by atoms with Crippen molar-refractivity contribution >= 4 is 23.3 Å². The van der Waals surface area contributed by atoms with Gasteiger partial charge in [-0.3, -0.25) is 0 Å². The highest BCUT2D eigenvalue weighted by Gasteiger charge is 2.26. The Balaban J connectivity index is 2.80. The number of alkyl halides is 3. The van der Waals surface area contributed by atoms with E-state index in [0.29, 0.717) is 0 Å². The number of halogens is 4. The van der Waals surface area contributed by atoms with Crippen LogP contribution in [0.5, 0.6) is 5.75 Å². The number of rotatable bonds is 5. The predicted molar refractivity (Wildman–Crippen MR) is 68.0 cm³/mol. The third kappa shape index (κ3) is 4.80. The average molecular weight is 312 g/mol. The quantitative estimate of drug-likeness (QED) is 0.514. The molecule has 0 heterocycles. The molecule has 2 N–H and O–H groups in total. The minimum atomic E-state index is -4.25. The van der Waals surface area contributed by atoms with E-state index in [9.17, 15) is 18.0 Å². The van der Waals surface area contributed by atoms with E-state index in [4.69, 9.17) is 22.1 Å².